The predicted octanol–water partition coefficient (Wildman–Crippen LogP) is 2.23. The van der Waals surface area contributed by atoms with Gasteiger partial charge in [0.1, 0.15) is 0 Å². The van der Waals surface area contributed by atoms with Crippen LogP contribution in [0, 0.1) is 5.92 Å². The van der Waals surface area contributed by atoms with E-state index in [9.17, 15) is 14.7 Å². The molecule has 1 saturated carbocycles. The fourth-order valence-corrected chi connectivity index (χ4v) is 3.25. The molecule has 1 aromatic rings. The third kappa shape index (κ3) is 3.24. The van der Waals surface area contributed by atoms with Gasteiger partial charge in [0.25, 0.3) is 0 Å². The molecule has 1 saturated heterocycles. The van der Waals surface area contributed by atoms with Gasteiger partial charge in [-0.2, -0.15) is 0 Å². The molecule has 0 spiro atoms. The molecule has 0 aromatic heterocycles. The van der Waals surface area contributed by atoms with Gasteiger partial charge in [0.2, 0.25) is 5.91 Å². The van der Waals surface area contributed by atoms with Crippen LogP contribution in [0.3, 0.4) is 0 Å². The molecule has 5 heteroatoms. The summed E-state index contributed by atoms with van der Waals surface area (Å²) < 4.78 is 5.20. The number of morpholine rings is 1. The Kier molecular flexibility index (Phi) is 4.39. The van der Waals surface area contributed by atoms with Crippen molar-refractivity contribution in [2.24, 2.45) is 5.92 Å². The first-order valence-electron chi connectivity index (χ1n) is 8.20. The van der Waals surface area contributed by atoms with Gasteiger partial charge < -0.3 is 14.7 Å². The van der Waals surface area contributed by atoms with E-state index >= 15 is 0 Å². The molecular weight excluding hydrogens is 294 g/mol. The van der Waals surface area contributed by atoms with Crippen molar-refractivity contribution in [2.75, 3.05) is 19.8 Å². The monoisotopic (exact) mass is 317 g/mol. The standard InChI is InChI=1S/C18H23NO4/c1-11(2)12-3-5-13(6-4-12)14-9-15(14)17(20)19-7-8-23-10-16(19)18(21)22/h3-6,11,14-16H,7-10H2,1-2H3,(H,21,22)/t14-,15+,16+/m0/s1. The average molecular weight is 317 g/mol. The Morgan fingerprint density at radius 2 is 1.96 bits per heavy atom. The van der Waals surface area contributed by atoms with Gasteiger partial charge in [0, 0.05) is 12.5 Å². The lowest BCUT2D eigenvalue weighted by Gasteiger charge is -2.33. The molecule has 1 aliphatic heterocycles. The molecule has 3 atom stereocenters. The maximum absolute atomic E-state index is 12.6. The molecule has 0 bridgehead atoms. The van der Waals surface area contributed by atoms with Crippen molar-refractivity contribution in [1.29, 1.82) is 0 Å². The van der Waals surface area contributed by atoms with E-state index in [1.54, 1.807) is 0 Å². The zero-order valence-electron chi connectivity index (χ0n) is 13.6. The van der Waals surface area contributed by atoms with Crippen LogP contribution in [-0.2, 0) is 14.3 Å². The van der Waals surface area contributed by atoms with Gasteiger partial charge in [-0.05, 0) is 29.4 Å². The minimum atomic E-state index is -0.989. The Bertz CT molecular complexity index is 596. The number of ether oxygens (including phenoxy) is 1. The summed E-state index contributed by atoms with van der Waals surface area (Å²) in [5.41, 5.74) is 2.46. The summed E-state index contributed by atoms with van der Waals surface area (Å²) in [5, 5.41) is 9.25. The summed E-state index contributed by atoms with van der Waals surface area (Å²) in [6.45, 7) is 5.18. The summed E-state index contributed by atoms with van der Waals surface area (Å²) in [4.78, 5) is 25.4. The lowest BCUT2D eigenvalue weighted by Crippen LogP contribution is -2.53. The number of hydrogen-bond acceptors (Lipinski definition) is 3. The number of aliphatic carboxylic acids is 1. The SMILES string of the molecule is CC(C)c1ccc([C@@H]2C[C@H]2C(=O)N2CCOC[C@@H]2C(=O)O)cc1. The number of hydrogen-bond donors (Lipinski definition) is 1. The smallest absolute Gasteiger partial charge is 0.328 e. The zero-order chi connectivity index (χ0) is 16.6. The second kappa shape index (κ2) is 6.32. The molecule has 124 valence electrons. The van der Waals surface area contributed by atoms with Crippen molar-refractivity contribution in [2.45, 2.75) is 38.1 Å². The van der Waals surface area contributed by atoms with Gasteiger partial charge in [0.15, 0.2) is 6.04 Å². The Balaban J connectivity index is 1.67. The van der Waals surface area contributed by atoms with Crippen LogP contribution in [0.25, 0.3) is 0 Å². The molecule has 5 nitrogen and oxygen atoms in total. The van der Waals surface area contributed by atoms with Crippen LogP contribution in [0.15, 0.2) is 24.3 Å². The number of carbonyl (C=O) groups is 2. The number of amides is 1. The van der Waals surface area contributed by atoms with E-state index in [1.807, 2.05) is 0 Å². The summed E-state index contributed by atoms with van der Waals surface area (Å²) >= 11 is 0. The second-order valence-electron chi connectivity index (χ2n) is 6.73. The normalized spacial score (nSPS) is 27.1. The fourth-order valence-electron chi connectivity index (χ4n) is 3.25. The lowest BCUT2D eigenvalue weighted by atomic mass is 10.00. The summed E-state index contributed by atoms with van der Waals surface area (Å²) in [7, 11) is 0. The molecule has 23 heavy (non-hydrogen) atoms. The first-order chi connectivity index (χ1) is 11.0. The first kappa shape index (κ1) is 16.0. The summed E-state index contributed by atoms with van der Waals surface area (Å²) in [6, 6.07) is 7.59. The van der Waals surface area contributed by atoms with Crippen molar-refractivity contribution in [3.05, 3.63) is 35.4 Å². The minimum Gasteiger partial charge on any atom is -0.480 e. The molecule has 2 fully saturated rings. The third-order valence-corrected chi connectivity index (χ3v) is 4.84. The molecule has 1 amide bonds. The van der Waals surface area contributed by atoms with Gasteiger partial charge in [-0.3, -0.25) is 4.79 Å². The van der Waals surface area contributed by atoms with Crippen molar-refractivity contribution in [3.63, 3.8) is 0 Å². The van der Waals surface area contributed by atoms with Crippen LogP contribution in [0.1, 0.15) is 43.2 Å². The highest BCUT2D eigenvalue weighted by molar-refractivity contribution is 5.88. The molecule has 3 rings (SSSR count). The molecule has 1 aliphatic carbocycles. The number of nitrogens with zero attached hydrogens (tertiary/aromatic N) is 1. The van der Waals surface area contributed by atoms with Crippen LogP contribution in [-0.4, -0.2) is 47.7 Å². The van der Waals surface area contributed by atoms with Gasteiger partial charge in [-0.15, -0.1) is 0 Å². The van der Waals surface area contributed by atoms with E-state index in [4.69, 9.17) is 4.74 Å². The summed E-state index contributed by atoms with van der Waals surface area (Å²) in [5.74, 6) is -0.401. The highest BCUT2D eigenvalue weighted by atomic mass is 16.5. The van der Waals surface area contributed by atoms with Crippen LogP contribution in [0.5, 0.6) is 0 Å². The fraction of sp³-hybridized carbons (Fsp3) is 0.556. The van der Waals surface area contributed by atoms with E-state index in [-0.39, 0.29) is 24.3 Å². The van der Waals surface area contributed by atoms with Gasteiger partial charge in [0.05, 0.1) is 13.2 Å². The van der Waals surface area contributed by atoms with E-state index in [1.165, 1.54) is 16.0 Å². The van der Waals surface area contributed by atoms with Gasteiger partial charge in [-0.25, -0.2) is 4.79 Å². The average Bonchev–Trinajstić information content (AvgIpc) is 3.35. The summed E-state index contributed by atoms with van der Waals surface area (Å²) in [6.07, 6.45) is 0.809. The Morgan fingerprint density at radius 1 is 1.26 bits per heavy atom. The minimum absolute atomic E-state index is 0.0429. The van der Waals surface area contributed by atoms with Crippen molar-refractivity contribution in [3.8, 4) is 0 Å². The third-order valence-electron chi connectivity index (χ3n) is 4.84. The number of benzene rings is 1. The highest BCUT2D eigenvalue weighted by Gasteiger charge is 2.48. The van der Waals surface area contributed by atoms with Gasteiger partial charge in [-0.1, -0.05) is 38.1 Å². The molecule has 1 N–H and O–H groups in total. The van der Waals surface area contributed by atoms with Crippen LogP contribution in [0.2, 0.25) is 0 Å². The number of carboxylic acid groups (broad SMARTS) is 1. The zero-order valence-corrected chi connectivity index (χ0v) is 13.6. The maximum atomic E-state index is 12.6. The van der Waals surface area contributed by atoms with Crippen molar-refractivity contribution >= 4 is 11.9 Å². The van der Waals surface area contributed by atoms with Crippen LogP contribution >= 0.6 is 0 Å². The Labute approximate surface area is 136 Å². The quantitative estimate of drug-likeness (QED) is 0.925. The lowest BCUT2D eigenvalue weighted by molar-refractivity contribution is -0.158. The predicted molar refractivity (Wildman–Crippen MR) is 85.3 cm³/mol. The van der Waals surface area contributed by atoms with Crippen molar-refractivity contribution in [1.82, 2.24) is 4.90 Å². The molecule has 1 aromatic carbocycles. The van der Waals surface area contributed by atoms with Crippen molar-refractivity contribution < 1.29 is 19.4 Å². The largest absolute Gasteiger partial charge is 0.480 e. The van der Waals surface area contributed by atoms with Gasteiger partial charge >= 0.3 is 5.97 Å². The molecule has 2 aliphatic rings. The molecule has 0 unspecified atom stereocenters. The van der Waals surface area contributed by atoms with Crippen LogP contribution in [0.4, 0.5) is 0 Å². The highest BCUT2D eigenvalue weighted by Crippen LogP contribution is 2.48. The van der Waals surface area contributed by atoms with Crippen LogP contribution < -0.4 is 0 Å². The second-order valence-corrected chi connectivity index (χ2v) is 6.73. The molecular formula is C18H23NO4. The maximum Gasteiger partial charge on any atom is 0.328 e. The van der Waals surface area contributed by atoms with E-state index in [2.05, 4.69) is 38.1 Å². The number of rotatable bonds is 4. The number of carboxylic acids is 1. The first-order valence-corrected chi connectivity index (χ1v) is 8.20. The van der Waals surface area contributed by atoms with E-state index < -0.39 is 12.0 Å². The molecule has 0 radical (unpaired) electrons. The topological polar surface area (TPSA) is 66.8 Å². The molecule has 1 heterocycles. The van der Waals surface area contributed by atoms with E-state index in [0.29, 0.717) is 19.1 Å². The van der Waals surface area contributed by atoms with E-state index in [0.717, 1.165) is 6.42 Å². The Morgan fingerprint density at radius 3 is 2.57 bits per heavy atom. The number of carbonyl (C=O) groups excluding carboxylic acids is 1. The Hall–Kier alpha value is -1.88.